The molecule has 1 aromatic carbocycles. The number of halogens is 2. The summed E-state index contributed by atoms with van der Waals surface area (Å²) in [5.74, 6) is 6.77. The van der Waals surface area contributed by atoms with E-state index in [4.69, 9.17) is 16.3 Å². The minimum absolute atomic E-state index is 0.235. The van der Waals surface area contributed by atoms with Crippen molar-refractivity contribution in [2.75, 3.05) is 12.5 Å². The van der Waals surface area contributed by atoms with Crippen LogP contribution < -0.4 is 4.74 Å². The average molecular weight is 267 g/mol. The first kappa shape index (κ1) is 13.2. The highest BCUT2D eigenvalue weighted by Crippen LogP contribution is 2.26. The van der Waals surface area contributed by atoms with E-state index in [1.807, 2.05) is 0 Å². The van der Waals surface area contributed by atoms with Crippen LogP contribution in [0.1, 0.15) is 31.2 Å². The molecule has 0 aromatic heterocycles. The molecule has 0 heterocycles. The lowest BCUT2D eigenvalue weighted by Gasteiger charge is -2.12. The van der Waals surface area contributed by atoms with Gasteiger partial charge in [-0.05, 0) is 37.0 Å². The van der Waals surface area contributed by atoms with E-state index in [0.29, 0.717) is 23.8 Å². The third-order valence-electron chi connectivity index (χ3n) is 3.18. The van der Waals surface area contributed by atoms with Gasteiger partial charge in [-0.15, -0.1) is 11.6 Å². The van der Waals surface area contributed by atoms with Crippen LogP contribution in [-0.2, 0) is 0 Å². The van der Waals surface area contributed by atoms with Crippen molar-refractivity contribution in [2.24, 2.45) is 5.92 Å². The highest BCUT2D eigenvalue weighted by molar-refractivity contribution is 6.19. The second-order valence-corrected chi connectivity index (χ2v) is 4.80. The van der Waals surface area contributed by atoms with Gasteiger partial charge >= 0.3 is 0 Å². The van der Waals surface area contributed by atoms with Gasteiger partial charge in [0.1, 0.15) is 11.6 Å². The zero-order valence-electron chi connectivity index (χ0n) is 10.2. The Morgan fingerprint density at radius 3 is 2.83 bits per heavy atom. The maximum absolute atomic E-state index is 13.2. The van der Waals surface area contributed by atoms with Gasteiger partial charge in [-0.3, -0.25) is 0 Å². The molecule has 3 heteroatoms. The lowest BCUT2D eigenvalue weighted by Crippen LogP contribution is -2.08. The number of rotatable bonds is 3. The predicted octanol–water partition coefficient (Wildman–Crippen LogP) is 3.99. The van der Waals surface area contributed by atoms with Gasteiger partial charge in [0, 0.05) is 0 Å². The third kappa shape index (κ3) is 3.65. The summed E-state index contributed by atoms with van der Waals surface area (Å²) in [7, 11) is 0. The van der Waals surface area contributed by atoms with Crippen LogP contribution in [0.2, 0.25) is 0 Å². The summed E-state index contributed by atoms with van der Waals surface area (Å²) in [6.07, 6.45) is 5.03. The first-order valence-electron chi connectivity index (χ1n) is 6.27. The molecule has 0 N–H and O–H groups in total. The molecule has 1 aliphatic carbocycles. The van der Waals surface area contributed by atoms with Gasteiger partial charge in [0.2, 0.25) is 0 Å². The van der Waals surface area contributed by atoms with Crippen molar-refractivity contribution in [2.45, 2.75) is 25.7 Å². The molecular weight excluding hydrogens is 251 g/mol. The van der Waals surface area contributed by atoms with E-state index in [0.717, 1.165) is 0 Å². The predicted molar refractivity (Wildman–Crippen MR) is 71.5 cm³/mol. The van der Waals surface area contributed by atoms with E-state index >= 15 is 0 Å². The van der Waals surface area contributed by atoms with Gasteiger partial charge in [0.05, 0.1) is 18.1 Å². The van der Waals surface area contributed by atoms with E-state index in [2.05, 4.69) is 11.8 Å². The van der Waals surface area contributed by atoms with E-state index in [9.17, 15) is 4.39 Å². The Morgan fingerprint density at radius 1 is 1.33 bits per heavy atom. The van der Waals surface area contributed by atoms with E-state index < -0.39 is 0 Å². The smallest absolute Gasteiger partial charge is 0.135 e. The molecule has 0 spiro atoms. The van der Waals surface area contributed by atoms with Crippen LogP contribution in [0.25, 0.3) is 0 Å². The van der Waals surface area contributed by atoms with Crippen LogP contribution in [0, 0.1) is 23.6 Å². The molecule has 0 aliphatic heterocycles. The molecule has 18 heavy (non-hydrogen) atoms. The molecule has 1 aliphatic rings. The summed E-state index contributed by atoms with van der Waals surface area (Å²) in [5, 5.41) is 0. The molecule has 0 radical (unpaired) electrons. The maximum atomic E-state index is 13.2. The van der Waals surface area contributed by atoms with E-state index in [1.165, 1.54) is 37.8 Å². The minimum Gasteiger partial charge on any atom is -0.492 e. The van der Waals surface area contributed by atoms with Crippen LogP contribution in [0.15, 0.2) is 18.2 Å². The highest BCUT2D eigenvalue weighted by atomic mass is 35.5. The molecule has 0 bridgehead atoms. The highest BCUT2D eigenvalue weighted by Gasteiger charge is 2.16. The zero-order chi connectivity index (χ0) is 12.8. The Morgan fingerprint density at radius 2 is 2.11 bits per heavy atom. The fourth-order valence-corrected chi connectivity index (χ4v) is 2.31. The van der Waals surface area contributed by atoms with Crippen LogP contribution in [-0.4, -0.2) is 12.5 Å². The fourth-order valence-electron chi connectivity index (χ4n) is 2.24. The summed E-state index contributed by atoms with van der Waals surface area (Å²) < 4.78 is 18.9. The van der Waals surface area contributed by atoms with Crippen LogP contribution >= 0.6 is 11.6 Å². The number of hydrogen-bond donors (Lipinski definition) is 0. The van der Waals surface area contributed by atoms with Gasteiger partial charge in [0.25, 0.3) is 0 Å². The normalized spacial score (nSPS) is 15.2. The lowest BCUT2D eigenvalue weighted by atomic mass is 10.1. The summed E-state index contributed by atoms with van der Waals surface area (Å²) in [6, 6.07) is 4.43. The van der Waals surface area contributed by atoms with E-state index in [1.54, 1.807) is 6.07 Å². The lowest BCUT2D eigenvalue weighted by molar-refractivity contribution is 0.251. The largest absolute Gasteiger partial charge is 0.492 e. The SMILES string of the molecule is Fc1ccc(OCC2CCCC2)c(C#CCCl)c1. The Bertz CT molecular complexity index is 455. The first-order valence-corrected chi connectivity index (χ1v) is 6.80. The van der Waals surface area contributed by atoms with Crippen LogP contribution in [0.4, 0.5) is 4.39 Å². The van der Waals surface area contributed by atoms with Gasteiger partial charge < -0.3 is 4.74 Å². The van der Waals surface area contributed by atoms with Crippen molar-refractivity contribution >= 4 is 11.6 Å². The van der Waals surface area contributed by atoms with Crippen molar-refractivity contribution in [1.29, 1.82) is 0 Å². The summed E-state index contributed by atoms with van der Waals surface area (Å²) in [4.78, 5) is 0. The molecule has 0 saturated heterocycles. The molecule has 0 atom stereocenters. The molecular formula is C15H16ClFO. The molecule has 0 unspecified atom stereocenters. The van der Waals surface area contributed by atoms with Crippen molar-refractivity contribution < 1.29 is 9.13 Å². The molecule has 1 fully saturated rings. The monoisotopic (exact) mass is 266 g/mol. The number of hydrogen-bond acceptors (Lipinski definition) is 1. The maximum Gasteiger partial charge on any atom is 0.135 e. The molecule has 2 rings (SSSR count). The Hall–Kier alpha value is -1.20. The van der Waals surface area contributed by atoms with Gasteiger partial charge in [-0.1, -0.05) is 24.7 Å². The standard InChI is InChI=1S/C15H16ClFO/c16-9-3-6-13-10-14(17)7-8-15(13)18-11-12-4-1-2-5-12/h7-8,10,12H,1-2,4-5,9,11H2. The third-order valence-corrected chi connectivity index (χ3v) is 3.31. The van der Waals surface area contributed by atoms with Gasteiger partial charge in [-0.25, -0.2) is 4.39 Å². The minimum atomic E-state index is -0.304. The van der Waals surface area contributed by atoms with Crippen molar-refractivity contribution in [1.82, 2.24) is 0 Å². The first-order chi connectivity index (χ1) is 8.79. The molecule has 0 amide bonds. The van der Waals surface area contributed by atoms with Gasteiger partial charge in [-0.2, -0.15) is 0 Å². The topological polar surface area (TPSA) is 9.23 Å². The summed E-state index contributed by atoms with van der Waals surface area (Å²) in [5.41, 5.74) is 0.577. The van der Waals surface area contributed by atoms with Crippen molar-refractivity contribution in [3.63, 3.8) is 0 Å². The second-order valence-electron chi connectivity index (χ2n) is 4.54. The number of alkyl halides is 1. The van der Waals surface area contributed by atoms with E-state index in [-0.39, 0.29) is 11.7 Å². The zero-order valence-corrected chi connectivity index (χ0v) is 11.0. The van der Waals surface area contributed by atoms with Crippen molar-refractivity contribution in [3.05, 3.63) is 29.6 Å². The molecule has 1 aromatic rings. The molecule has 1 nitrogen and oxygen atoms in total. The summed E-state index contributed by atoms with van der Waals surface area (Å²) >= 11 is 5.52. The number of ether oxygens (including phenoxy) is 1. The number of benzene rings is 1. The fraction of sp³-hybridized carbons (Fsp3) is 0.467. The Balaban J connectivity index is 2.05. The molecule has 96 valence electrons. The Kier molecular flexibility index (Phi) is 4.90. The van der Waals surface area contributed by atoms with Crippen LogP contribution in [0.5, 0.6) is 5.75 Å². The quantitative estimate of drug-likeness (QED) is 0.594. The summed E-state index contributed by atoms with van der Waals surface area (Å²) in [6.45, 7) is 0.696. The van der Waals surface area contributed by atoms with Gasteiger partial charge in [0.15, 0.2) is 0 Å². The van der Waals surface area contributed by atoms with Crippen molar-refractivity contribution in [3.8, 4) is 17.6 Å². The Labute approximate surface area is 112 Å². The van der Waals surface area contributed by atoms with Crippen LogP contribution in [0.3, 0.4) is 0 Å². The molecule has 1 saturated carbocycles. The second kappa shape index (κ2) is 6.66. The average Bonchev–Trinajstić information content (AvgIpc) is 2.88.